The first-order chi connectivity index (χ1) is 9.76. The van der Waals surface area contributed by atoms with Crippen LogP contribution in [0.15, 0.2) is 0 Å². The van der Waals surface area contributed by atoms with Crippen LogP contribution in [-0.2, 0) is 5.60 Å². The minimum atomic E-state index is -2.20. The molecule has 2 fully saturated rings. The summed E-state index contributed by atoms with van der Waals surface area (Å²) < 4.78 is 67.6. The number of nitrogens with zero attached hydrogens (tertiary/aromatic N) is 1. The number of hydrogen-bond donors (Lipinski definition) is 1. The van der Waals surface area contributed by atoms with Crippen molar-refractivity contribution in [2.75, 3.05) is 7.05 Å². The first-order valence-electron chi connectivity index (χ1n) is 6.72. The van der Waals surface area contributed by atoms with E-state index in [4.69, 9.17) is 0 Å². The zero-order valence-electron chi connectivity index (χ0n) is 11.3. The lowest BCUT2D eigenvalue weighted by Gasteiger charge is -2.42. The minimum absolute atomic E-state index is 0.0433. The Balaban J connectivity index is 2.13. The molecule has 2 bridgehead atoms. The molecule has 21 heavy (non-hydrogen) atoms. The molecule has 1 N–H and O–H groups in total. The number of halogens is 5. The van der Waals surface area contributed by atoms with Gasteiger partial charge in [-0.05, 0) is 32.7 Å². The van der Waals surface area contributed by atoms with Crippen molar-refractivity contribution in [3.05, 3.63) is 34.6 Å². The van der Waals surface area contributed by atoms with Gasteiger partial charge in [0, 0.05) is 12.1 Å². The van der Waals surface area contributed by atoms with Crippen LogP contribution < -0.4 is 0 Å². The molecule has 2 aliphatic heterocycles. The average Bonchev–Trinajstić information content (AvgIpc) is 2.65. The molecule has 2 heterocycles. The second-order valence-corrected chi connectivity index (χ2v) is 5.94. The molecule has 0 saturated carbocycles. The van der Waals surface area contributed by atoms with Gasteiger partial charge in [-0.15, -0.1) is 0 Å². The van der Waals surface area contributed by atoms with E-state index in [0.717, 1.165) is 12.8 Å². The Kier molecular flexibility index (Phi) is 3.25. The lowest BCUT2D eigenvalue weighted by atomic mass is 9.80. The highest BCUT2D eigenvalue weighted by molar-refractivity contribution is 5.31. The van der Waals surface area contributed by atoms with Crippen molar-refractivity contribution in [2.45, 2.75) is 43.4 Å². The van der Waals surface area contributed by atoms with Crippen molar-refractivity contribution in [3.63, 3.8) is 0 Å². The molecule has 7 heteroatoms. The fourth-order valence-corrected chi connectivity index (χ4v) is 3.66. The molecule has 2 aliphatic rings. The van der Waals surface area contributed by atoms with Gasteiger partial charge in [0.05, 0.1) is 11.2 Å². The van der Waals surface area contributed by atoms with Crippen molar-refractivity contribution in [1.82, 2.24) is 4.90 Å². The van der Waals surface area contributed by atoms with Gasteiger partial charge in [0.15, 0.2) is 23.3 Å². The van der Waals surface area contributed by atoms with Crippen LogP contribution in [0.5, 0.6) is 0 Å². The smallest absolute Gasteiger partial charge is 0.200 e. The van der Waals surface area contributed by atoms with Crippen LogP contribution in [0, 0.1) is 29.1 Å². The van der Waals surface area contributed by atoms with Gasteiger partial charge < -0.3 is 10.0 Å². The van der Waals surface area contributed by atoms with Crippen molar-refractivity contribution in [1.29, 1.82) is 0 Å². The zero-order chi connectivity index (χ0) is 15.5. The van der Waals surface area contributed by atoms with Gasteiger partial charge in [-0.25, -0.2) is 22.0 Å². The van der Waals surface area contributed by atoms with Crippen LogP contribution in [0.1, 0.15) is 31.2 Å². The predicted molar refractivity (Wildman–Crippen MR) is 63.9 cm³/mol. The fraction of sp³-hybridized carbons (Fsp3) is 0.571. The maximum absolute atomic E-state index is 13.9. The number of hydrogen-bond acceptors (Lipinski definition) is 2. The number of benzene rings is 1. The van der Waals surface area contributed by atoms with E-state index in [9.17, 15) is 27.1 Å². The molecule has 3 rings (SSSR count). The van der Waals surface area contributed by atoms with E-state index in [1.807, 2.05) is 11.9 Å². The first kappa shape index (κ1) is 14.7. The second-order valence-electron chi connectivity index (χ2n) is 5.94. The van der Waals surface area contributed by atoms with Crippen LogP contribution in [0.4, 0.5) is 22.0 Å². The highest BCUT2D eigenvalue weighted by Gasteiger charge is 2.50. The molecule has 1 aromatic carbocycles. The molecular weight excluding hydrogens is 293 g/mol. The molecule has 1 aromatic rings. The van der Waals surface area contributed by atoms with Crippen LogP contribution in [-0.4, -0.2) is 29.1 Å². The Morgan fingerprint density at radius 3 is 1.67 bits per heavy atom. The largest absolute Gasteiger partial charge is 0.385 e. The Bertz CT molecular complexity index is 563. The van der Waals surface area contributed by atoms with E-state index in [1.165, 1.54) is 0 Å². The summed E-state index contributed by atoms with van der Waals surface area (Å²) in [7, 11) is 1.83. The summed E-state index contributed by atoms with van der Waals surface area (Å²) in [6.45, 7) is 0. The molecule has 0 aromatic heterocycles. The highest BCUT2D eigenvalue weighted by Crippen LogP contribution is 2.47. The van der Waals surface area contributed by atoms with Crippen molar-refractivity contribution >= 4 is 0 Å². The van der Waals surface area contributed by atoms with Crippen LogP contribution in [0.3, 0.4) is 0 Å². The van der Waals surface area contributed by atoms with E-state index >= 15 is 0 Å². The summed E-state index contributed by atoms with van der Waals surface area (Å²) in [5.74, 6) is -10.1. The predicted octanol–water partition coefficient (Wildman–Crippen LogP) is 2.83. The third kappa shape index (κ3) is 1.97. The molecular formula is C14H14F5NO. The quantitative estimate of drug-likeness (QED) is 0.490. The summed E-state index contributed by atoms with van der Waals surface area (Å²) in [5, 5.41) is 10.6. The monoisotopic (exact) mass is 307 g/mol. The topological polar surface area (TPSA) is 23.5 Å². The van der Waals surface area contributed by atoms with Gasteiger partial charge >= 0.3 is 0 Å². The normalized spacial score (nSPS) is 32.7. The Morgan fingerprint density at radius 1 is 0.857 bits per heavy atom. The number of aliphatic hydroxyl groups is 1. The highest BCUT2D eigenvalue weighted by atomic mass is 19.2. The molecule has 2 atom stereocenters. The van der Waals surface area contributed by atoms with E-state index in [-0.39, 0.29) is 24.9 Å². The number of piperidine rings is 1. The standard InChI is InChI=1S/C14H14F5NO/c1-20-6-2-3-7(20)5-14(21,4-6)8-9(15)11(17)13(19)12(18)10(8)16/h6-7,21H,2-5H2,1H3. The lowest BCUT2D eigenvalue weighted by molar-refractivity contribution is -0.0549. The van der Waals surface area contributed by atoms with E-state index in [1.54, 1.807) is 0 Å². The Hall–Kier alpha value is -1.21. The van der Waals surface area contributed by atoms with E-state index < -0.39 is 40.3 Å². The molecule has 0 radical (unpaired) electrons. The van der Waals surface area contributed by atoms with Crippen molar-refractivity contribution in [2.24, 2.45) is 0 Å². The summed E-state index contributed by atoms with van der Waals surface area (Å²) in [6.07, 6.45) is 1.38. The third-order valence-electron chi connectivity index (χ3n) is 4.81. The second kappa shape index (κ2) is 4.64. The maximum Gasteiger partial charge on any atom is 0.200 e. The van der Waals surface area contributed by atoms with Gasteiger partial charge in [-0.1, -0.05) is 0 Å². The number of rotatable bonds is 1. The SMILES string of the molecule is CN1C2CCC1CC(O)(c1c(F)c(F)c(F)c(F)c1F)C2. The molecule has 0 spiro atoms. The van der Waals surface area contributed by atoms with Crippen LogP contribution in [0.2, 0.25) is 0 Å². The Morgan fingerprint density at radius 2 is 1.24 bits per heavy atom. The third-order valence-corrected chi connectivity index (χ3v) is 4.81. The average molecular weight is 307 g/mol. The van der Waals surface area contributed by atoms with E-state index in [0.29, 0.717) is 0 Å². The van der Waals surface area contributed by atoms with Crippen LogP contribution in [0.25, 0.3) is 0 Å². The molecule has 2 unspecified atom stereocenters. The fourth-order valence-electron chi connectivity index (χ4n) is 3.66. The zero-order valence-corrected chi connectivity index (χ0v) is 11.3. The molecule has 2 saturated heterocycles. The first-order valence-corrected chi connectivity index (χ1v) is 6.72. The van der Waals surface area contributed by atoms with E-state index in [2.05, 4.69) is 0 Å². The van der Waals surface area contributed by atoms with Gasteiger partial charge in [-0.2, -0.15) is 0 Å². The molecule has 0 amide bonds. The molecule has 2 nitrogen and oxygen atoms in total. The maximum atomic E-state index is 13.9. The number of fused-ring (bicyclic) bond motifs is 2. The molecule has 0 aliphatic carbocycles. The summed E-state index contributed by atoms with van der Waals surface area (Å²) >= 11 is 0. The van der Waals surface area contributed by atoms with Crippen molar-refractivity contribution < 1.29 is 27.1 Å². The van der Waals surface area contributed by atoms with Gasteiger partial charge in [-0.3, -0.25) is 0 Å². The lowest BCUT2D eigenvalue weighted by Crippen LogP contribution is -2.48. The minimum Gasteiger partial charge on any atom is -0.385 e. The van der Waals surface area contributed by atoms with Crippen molar-refractivity contribution in [3.8, 4) is 0 Å². The summed E-state index contributed by atoms with van der Waals surface area (Å²) in [6, 6.07) is -0.243. The summed E-state index contributed by atoms with van der Waals surface area (Å²) in [4.78, 5) is 1.99. The van der Waals surface area contributed by atoms with Gasteiger partial charge in [0.2, 0.25) is 5.82 Å². The summed E-state index contributed by atoms with van der Waals surface area (Å²) in [5.41, 5.74) is -3.12. The molecule has 116 valence electrons. The van der Waals surface area contributed by atoms with Crippen LogP contribution >= 0.6 is 0 Å². The van der Waals surface area contributed by atoms with Gasteiger partial charge in [0.25, 0.3) is 0 Å². The van der Waals surface area contributed by atoms with Gasteiger partial charge in [0.1, 0.15) is 0 Å². The Labute approximate surface area is 118 Å².